The predicted octanol–water partition coefficient (Wildman–Crippen LogP) is 2.35. The Balaban J connectivity index is 1.71. The summed E-state index contributed by atoms with van der Waals surface area (Å²) in [7, 11) is 0. The molecule has 1 aliphatic rings. The summed E-state index contributed by atoms with van der Waals surface area (Å²) >= 11 is 5.05. The fourth-order valence-electron chi connectivity index (χ4n) is 2.15. The van der Waals surface area contributed by atoms with Gasteiger partial charge in [0.15, 0.2) is 0 Å². The van der Waals surface area contributed by atoms with Crippen molar-refractivity contribution in [3.63, 3.8) is 0 Å². The van der Waals surface area contributed by atoms with Crippen molar-refractivity contribution in [1.82, 2.24) is 20.4 Å². The molecule has 1 fully saturated rings. The zero-order chi connectivity index (χ0) is 13.2. The van der Waals surface area contributed by atoms with E-state index in [1.165, 1.54) is 0 Å². The smallest absolute Gasteiger partial charge is 0.241 e. The molecule has 0 aromatic carbocycles. The van der Waals surface area contributed by atoms with Crippen LogP contribution in [0.1, 0.15) is 12.8 Å². The van der Waals surface area contributed by atoms with Crippen molar-refractivity contribution >= 4 is 27.3 Å². The number of hydrogen-bond acceptors (Lipinski definition) is 6. The predicted molar refractivity (Wildman–Crippen MR) is 78.1 cm³/mol. The van der Waals surface area contributed by atoms with Gasteiger partial charge in [0.25, 0.3) is 0 Å². The molecule has 7 heteroatoms. The lowest BCUT2D eigenvalue weighted by Gasteiger charge is -2.32. The van der Waals surface area contributed by atoms with E-state index in [1.54, 1.807) is 11.3 Å². The highest BCUT2D eigenvalue weighted by molar-refractivity contribution is 9.11. The molecule has 19 heavy (non-hydrogen) atoms. The number of hydrogen-bond donors (Lipinski definition) is 1. The van der Waals surface area contributed by atoms with Crippen molar-refractivity contribution in [2.24, 2.45) is 0 Å². The summed E-state index contributed by atoms with van der Waals surface area (Å²) in [4.78, 5) is 7.85. The van der Waals surface area contributed by atoms with Crippen LogP contribution < -0.4 is 5.32 Å². The molecule has 5 nitrogen and oxygen atoms in total. The number of aromatic nitrogens is 2. The second-order valence-electron chi connectivity index (χ2n) is 4.64. The fourth-order valence-corrected chi connectivity index (χ4v) is 3.46. The van der Waals surface area contributed by atoms with Crippen LogP contribution in [-0.2, 0) is 6.54 Å². The molecule has 0 bridgehead atoms. The first kappa shape index (κ1) is 13.2. The van der Waals surface area contributed by atoms with Crippen LogP contribution in [0.3, 0.4) is 0 Å². The molecular weight excluding hydrogens is 328 g/mol. The van der Waals surface area contributed by atoms with E-state index < -0.39 is 0 Å². The second-order valence-corrected chi connectivity index (χ2v) is 7.10. The molecule has 0 unspecified atom stereocenters. The highest BCUT2D eigenvalue weighted by atomic mass is 79.9. The molecule has 102 valence electrons. The van der Waals surface area contributed by atoms with Crippen LogP contribution in [0.2, 0.25) is 0 Å². The molecule has 1 atom stereocenters. The van der Waals surface area contributed by atoms with E-state index >= 15 is 0 Å². The summed E-state index contributed by atoms with van der Waals surface area (Å²) in [6.45, 7) is 5.98. The van der Waals surface area contributed by atoms with Crippen LogP contribution in [0.25, 0.3) is 10.7 Å². The molecule has 2 aromatic rings. The second kappa shape index (κ2) is 5.70. The van der Waals surface area contributed by atoms with Gasteiger partial charge in [-0.1, -0.05) is 5.16 Å². The Morgan fingerprint density at radius 2 is 2.47 bits per heavy atom. The van der Waals surface area contributed by atoms with Gasteiger partial charge < -0.3 is 9.84 Å². The quantitative estimate of drug-likeness (QED) is 0.927. The fraction of sp³-hybridized carbons (Fsp3) is 0.500. The van der Waals surface area contributed by atoms with Gasteiger partial charge in [-0.05, 0) is 35.0 Å². The molecule has 0 radical (unpaired) electrons. The highest BCUT2D eigenvalue weighted by Gasteiger charge is 2.20. The van der Waals surface area contributed by atoms with Gasteiger partial charge in [-0.15, -0.1) is 11.3 Å². The zero-order valence-electron chi connectivity index (χ0n) is 10.6. The highest BCUT2D eigenvalue weighted by Crippen LogP contribution is 2.29. The molecule has 0 amide bonds. The number of nitrogens with zero attached hydrogens (tertiary/aromatic N) is 3. The maximum atomic E-state index is 5.35. The molecule has 3 heterocycles. The summed E-state index contributed by atoms with van der Waals surface area (Å²) in [6, 6.07) is 4.49. The Kier molecular flexibility index (Phi) is 3.97. The maximum Gasteiger partial charge on any atom is 0.241 e. The topological polar surface area (TPSA) is 54.2 Å². The van der Waals surface area contributed by atoms with E-state index in [1.807, 2.05) is 12.1 Å². The maximum absolute atomic E-state index is 5.35. The van der Waals surface area contributed by atoms with Crippen molar-refractivity contribution in [1.29, 1.82) is 0 Å². The number of piperazine rings is 1. The lowest BCUT2D eigenvalue weighted by Crippen LogP contribution is -2.49. The van der Waals surface area contributed by atoms with E-state index in [0.717, 1.165) is 34.8 Å². The Hall–Kier alpha value is -0.760. The molecule has 0 aliphatic carbocycles. The third kappa shape index (κ3) is 3.05. The lowest BCUT2D eigenvalue weighted by molar-refractivity contribution is 0.146. The van der Waals surface area contributed by atoms with E-state index in [2.05, 4.69) is 43.2 Å². The van der Waals surface area contributed by atoms with Crippen molar-refractivity contribution in [3.05, 3.63) is 21.8 Å². The van der Waals surface area contributed by atoms with Gasteiger partial charge in [-0.3, -0.25) is 4.90 Å². The lowest BCUT2D eigenvalue weighted by atomic mass is 10.2. The van der Waals surface area contributed by atoms with Crippen LogP contribution in [0.4, 0.5) is 0 Å². The number of thiophene rings is 1. The van der Waals surface area contributed by atoms with Gasteiger partial charge in [0.05, 0.1) is 15.2 Å². The Bertz CT molecular complexity index is 555. The molecule has 1 saturated heterocycles. The number of halogens is 1. The van der Waals surface area contributed by atoms with Gasteiger partial charge in [0, 0.05) is 25.7 Å². The van der Waals surface area contributed by atoms with Gasteiger partial charge in [0.1, 0.15) is 0 Å². The molecule has 0 saturated carbocycles. The average Bonchev–Trinajstić information content (AvgIpc) is 3.01. The number of rotatable bonds is 3. The zero-order valence-corrected chi connectivity index (χ0v) is 13.0. The average molecular weight is 343 g/mol. The van der Waals surface area contributed by atoms with Crippen molar-refractivity contribution in [3.8, 4) is 10.7 Å². The molecule has 1 aliphatic heterocycles. The minimum atomic E-state index is 0.500. The van der Waals surface area contributed by atoms with Gasteiger partial charge >= 0.3 is 0 Å². The first-order valence-electron chi connectivity index (χ1n) is 6.25. The SMILES string of the molecule is C[C@H]1CNCCN1Cc1nc(-c2ccc(Br)s2)no1. The van der Waals surface area contributed by atoms with Gasteiger partial charge in [-0.25, -0.2) is 0 Å². The molecule has 3 rings (SSSR count). The molecule has 2 aromatic heterocycles. The first-order valence-corrected chi connectivity index (χ1v) is 7.86. The summed E-state index contributed by atoms with van der Waals surface area (Å²) in [5.41, 5.74) is 0. The van der Waals surface area contributed by atoms with Crippen LogP contribution in [-0.4, -0.2) is 40.7 Å². The third-order valence-corrected chi connectivity index (χ3v) is 4.86. The van der Waals surface area contributed by atoms with Crippen LogP contribution in [0.15, 0.2) is 20.4 Å². The van der Waals surface area contributed by atoms with Gasteiger partial charge in [0.2, 0.25) is 11.7 Å². The van der Waals surface area contributed by atoms with Crippen molar-refractivity contribution < 1.29 is 4.52 Å². The monoisotopic (exact) mass is 342 g/mol. The van der Waals surface area contributed by atoms with Crippen molar-refractivity contribution in [2.75, 3.05) is 19.6 Å². The normalized spacial score (nSPS) is 20.8. The standard InChI is InChI=1S/C12H15BrN4OS/c1-8-6-14-4-5-17(8)7-11-15-12(16-18-11)9-2-3-10(13)19-9/h2-3,8,14H,4-7H2,1H3/t8-/m0/s1. The van der Waals surface area contributed by atoms with Crippen LogP contribution in [0, 0.1) is 0 Å². The van der Waals surface area contributed by atoms with E-state index in [-0.39, 0.29) is 0 Å². The Morgan fingerprint density at radius 3 is 3.21 bits per heavy atom. The molecular formula is C12H15BrN4OS. The largest absolute Gasteiger partial charge is 0.338 e. The Labute approximate surface area is 124 Å². The van der Waals surface area contributed by atoms with Crippen molar-refractivity contribution in [2.45, 2.75) is 19.5 Å². The van der Waals surface area contributed by atoms with Crippen LogP contribution >= 0.6 is 27.3 Å². The van der Waals surface area contributed by atoms with E-state index in [4.69, 9.17) is 4.52 Å². The summed E-state index contributed by atoms with van der Waals surface area (Å²) in [6.07, 6.45) is 0. The third-order valence-electron chi connectivity index (χ3n) is 3.24. The minimum Gasteiger partial charge on any atom is -0.338 e. The first-order chi connectivity index (χ1) is 9.22. The van der Waals surface area contributed by atoms with Gasteiger partial charge in [-0.2, -0.15) is 4.98 Å². The summed E-state index contributed by atoms with van der Waals surface area (Å²) in [5.74, 6) is 1.36. The summed E-state index contributed by atoms with van der Waals surface area (Å²) < 4.78 is 6.42. The van der Waals surface area contributed by atoms with E-state index in [9.17, 15) is 0 Å². The van der Waals surface area contributed by atoms with Crippen LogP contribution in [0.5, 0.6) is 0 Å². The number of nitrogens with one attached hydrogen (secondary N) is 1. The van der Waals surface area contributed by atoms with E-state index in [0.29, 0.717) is 17.8 Å². The molecule has 1 N–H and O–H groups in total. The summed E-state index contributed by atoms with van der Waals surface area (Å²) in [5, 5.41) is 7.42. The minimum absolute atomic E-state index is 0.500. The molecule has 0 spiro atoms. The Morgan fingerprint density at radius 1 is 1.58 bits per heavy atom.